The standard InChI is InChI=1S/C61H75ClFN7O14S/c1-41-48-11-13-51(56(41)62)83-47(37-69-20-18-68(2)19-21-69)39-81-46-10-12-50(43(35-46)36-52(61(72)73)84-59-55-54(48)57(85-60(55)66-40-65-59)42-6-8-44(63)9-7-42)82-38-45-14-16-64-58(67-45)49-5-4-17-70(49)53(71)15-22-75-25-26-77-29-30-79-33-34-80-32-31-78-28-27-76-24-23-74-3/h6-14,16,35,40,47,49,52H,4-5,15,17-34,36-39H2,1-3H3,(H,72,73)/t47-,49-,52-/m1/s1. The molecule has 3 atom stereocenters. The van der Waals surface area contributed by atoms with Crippen molar-refractivity contribution < 1.29 is 71.2 Å². The van der Waals surface area contributed by atoms with E-state index in [-0.39, 0.29) is 50.5 Å². The van der Waals surface area contributed by atoms with E-state index in [2.05, 4.69) is 31.8 Å². The van der Waals surface area contributed by atoms with Crippen LogP contribution in [0.4, 0.5) is 4.39 Å². The molecule has 2 saturated heterocycles. The van der Waals surface area contributed by atoms with Gasteiger partial charge in [0.2, 0.25) is 17.9 Å². The molecule has 7 heterocycles. The molecule has 0 aliphatic carbocycles. The summed E-state index contributed by atoms with van der Waals surface area (Å²) < 4.78 is 78.9. The molecule has 2 fully saturated rings. The zero-order chi connectivity index (χ0) is 59.3. The highest BCUT2D eigenvalue weighted by molar-refractivity contribution is 7.22. The summed E-state index contributed by atoms with van der Waals surface area (Å²) in [5.41, 5.74) is 3.81. The Morgan fingerprint density at radius 1 is 0.800 bits per heavy atom. The van der Waals surface area contributed by atoms with Crippen molar-refractivity contribution >= 4 is 45.0 Å². The molecule has 85 heavy (non-hydrogen) atoms. The number of likely N-dealkylation sites (tertiary alicyclic amines) is 1. The average molecular weight is 1220 g/mol. The largest absolute Gasteiger partial charge is 0.490 e. The lowest BCUT2D eigenvalue weighted by molar-refractivity contribution is -0.145. The molecule has 3 aromatic heterocycles. The highest BCUT2D eigenvalue weighted by Crippen LogP contribution is 2.50. The van der Waals surface area contributed by atoms with E-state index in [9.17, 15) is 19.1 Å². The number of carboxylic acid groups (broad SMARTS) is 1. The second-order valence-corrected chi connectivity index (χ2v) is 22.0. The number of hydrogen-bond acceptors (Lipinski definition) is 20. The van der Waals surface area contributed by atoms with Crippen molar-refractivity contribution in [1.29, 1.82) is 0 Å². The zero-order valence-corrected chi connectivity index (χ0v) is 50.0. The molecule has 21 nitrogen and oxygen atoms in total. The van der Waals surface area contributed by atoms with Gasteiger partial charge in [-0.25, -0.2) is 29.1 Å². The van der Waals surface area contributed by atoms with Gasteiger partial charge < -0.3 is 67.0 Å². The van der Waals surface area contributed by atoms with Crippen LogP contribution >= 0.6 is 22.9 Å². The number of carboxylic acids is 1. The third kappa shape index (κ3) is 17.9. The van der Waals surface area contributed by atoms with Crippen LogP contribution in [0.3, 0.4) is 0 Å². The number of likely N-dealkylation sites (N-methyl/N-ethyl adjacent to an activating group) is 1. The minimum Gasteiger partial charge on any atom is -0.490 e. The lowest BCUT2D eigenvalue weighted by atomic mass is 9.96. The lowest BCUT2D eigenvalue weighted by Gasteiger charge is -2.34. The van der Waals surface area contributed by atoms with Crippen LogP contribution < -0.4 is 18.9 Å². The Kier molecular flexibility index (Phi) is 24.2. The minimum absolute atomic E-state index is 0.00287. The average Bonchev–Trinajstić information content (AvgIpc) is 1.90. The van der Waals surface area contributed by atoms with Crippen molar-refractivity contribution in [3.05, 3.63) is 107 Å². The Hall–Kier alpha value is -6.22. The van der Waals surface area contributed by atoms with Gasteiger partial charge >= 0.3 is 5.97 Å². The number of methoxy groups -OCH3 is 1. The number of thiophene rings is 1. The highest BCUT2D eigenvalue weighted by atomic mass is 35.5. The first kappa shape index (κ1) is 63.3. The van der Waals surface area contributed by atoms with Gasteiger partial charge in [0.15, 0.2) is 5.82 Å². The SMILES string of the molecule is COCCOCCOCCOCCOCCOCCOCCC(=O)N1CCC[C@@H]1c1nccc(COc2ccc3cc2C[C@H](C(=O)O)Oc2ncnc4sc(-c5ccc(F)cc5)c(c24)-c2ccc(c(Cl)c2C)O[C@H](CN2CCN(C)CC2)CO3)n1. The van der Waals surface area contributed by atoms with Gasteiger partial charge in [-0.2, -0.15) is 0 Å². The first-order valence-electron chi connectivity index (χ1n) is 28.8. The molecule has 1 amide bonds. The maximum absolute atomic E-state index is 14.4. The van der Waals surface area contributed by atoms with Crippen molar-refractivity contribution in [2.75, 3.05) is 146 Å². The van der Waals surface area contributed by atoms with Gasteiger partial charge in [-0.05, 0) is 86.0 Å². The number of carbonyl (C=O) groups excluding carboxylic acids is 1. The van der Waals surface area contributed by atoms with E-state index >= 15 is 0 Å². The third-order valence-electron chi connectivity index (χ3n) is 14.7. The molecular formula is C61H75ClFN7O14S. The van der Waals surface area contributed by atoms with Gasteiger partial charge in [0.05, 0.1) is 114 Å². The molecule has 0 saturated carbocycles. The van der Waals surface area contributed by atoms with Crippen molar-refractivity contribution in [3.63, 3.8) is 0 Å². The number of carbonyl (C=O) groups is 2. The summed E-state index contributed by atoms with van der Waals surface area (Å²) in [7, 11) is 3.74. The Labute approximate surface area is 503 Å². The van der Waals surface area contributed by atoms with E-state index < -0.39 is 24.0 Å². The van der Waals surface area contributed by atoms with Crippen LogP contribution in [-0.2, 0) is 55.8 Å². The smallest absolute Gasteiger partial charge is 0.345 e. The Bertz CT molecular complexity index is 3100. The van der Waals surface area contributed by atoms with Gasteiger partial charge in [0, 0.05) is 75.0 Å². The molecule has 1 N–H and O–H groups in total. The fraction of sp³-hybridized carbons (Fsp3) is 0.508. The van der Waals surface area contributed by atoms with Crippen LogP contribution in [-0.4, -0.2) is 210 Å². The first-order valence-corrected chi connectivity index (χ1v) is 30.0. The molecule has 3 aromatic carbocycles. The van der Waals surface area contributed by atoms with E-state index in [4.69, 9.17) is 68.7 Å². The fourth-order valence-electron chi connectivity index (χ4n) is 10.1. The molecule has 6 aromatic rings. The predicted octanol–water partition coefficient (Wildman–Crippen LogP) is 7.76. The lowest BCUT2D eigenvalue weighted by Crippen LogP contribution is -2.49. The number of piperazine rings is 1. The quantitative estimate of drug-likeness (QED) is 0.0444. The van der Waals surface area contributed by atoms with Gasteiger partial charge in [-0.3, -0.25) is 9.69 Å². The summed E-state index contributed by atoms with van der Waals surface area (Å²) in [6.07, 6.45) is 2.55. The van der Waals surface area contributed by atoms with Crippen LogP contribution in [0.1, 0.15) is 47.9 Å². The number of nitrogens with zero attached hydrogens (tertiary/aromatic N) is 7. The summed E-state index contributed by atoms with van der Waals surface area (Å²) >= 11 is 8.62. The fourth-order valence-corrected chi connectivity index (χ4v) is 11.5. The Morgan fingerprint density at radius 2 is 1.48 bits per heavy atom. The zero-order valence-electron chi connectivity index (χ0n) is 48.4. The normalized spacial score (nSPS) is 17.6. The molecule has 24 heteroatoms. The van der Waals surface area contributed by atoms with Crippen LogP contribution in [0.25, 0.3) is 31.8 Å². The van der Waals surface area contributed by atoms with Gasteiger partial charge in [-0.1, -0.05) is 29.8 Å². The van der Waals surface area contributed by atoms with Crippen molar-refractivity contribution in [2.24, 2.45) is 0 Å². The summed E-state index contributed by atoms with van der Waals surface area (Å²) in [4.78, 5) is 53.4. The molecule has 458 valence electrons. The number of aromatic nitrogens is 4. The van der Waals surface area contributed by atoms with Crippen LogP contribution in [0.5, 0.6) is 23.1 Å². The van der Waals surface area contributed by atoms with Gasteiger partial charge in [0.25, 0.3) is 0 Å². The number of ether oxygens (including phenoxy) is 11. The second kappa shape index (κ2) is 32.5. The first-order chi connectivity index (χ1) is 41.5. The number of amides is 1. The van der Waals surface area contributed by atoms with E-state index in [1.54, 1.807) is 49.7 Å². The number of benzene rings is 3. The maximum Gasteiger partial charge on any atom is 0.345 e. The van der Waals surface area contributed by atoms with Crippen molar-refractivity contribution in [3.8, 4) is 44.7 Å². The number of hydrogen-bond donors (Lipinski definition) is 1. The molecular weight excluding hydrogens is 1140 g/mol. The molecule has 0 unspecified atom stereocenters. The molecule has 4 aliphatic rings. The molecule has 4 bridgehead atoms. The number of aliphatic carboxylic acids is 1. The monoisotopic (exact) mass is 1220 g/mol. The van der Waals surface area contributed by atoms with E-state index in [0.29, 0.717) is 171 Å². The second-order valence-electron chi connectivity index (χ2n) is 20.7. The summed E-state index contributed by atoms with van der Waals surface area (Å²) in [5, 5.41) is 11.8. The minimum atomic E-state index is -1.48. The van der Waals surface area contributed by atoms with Crippen LogP contribution in [0.2, 0.25) is 5.02 Å². The molecule has 0 spiro atoms. The topological polar surface area (TPSA) is 217 Å². The van der Waals surface area contributed by atoms with E-state index in [0.717, 1.165) is 37.5 Å². The number of rotatable bonds is 29. The number of fused-ring (bicyclic) bond motifs is 7. The van der Waals surface area contributed by atoms with Gasteiger partial charge in [0.1, 0.15) is 53.5 Å². The summed E-state index contributed by atoms with van der Waals surface area (Å²) in [6, 6.07) is 16.6. The van der Waals surface area contributed by atoms with E-state index in [1.165, 1.54) is 29.8 Å². The van der Waals surface area contributed by atoms with Crippen molar-refractivity contribution in [2.45, 2.75) is 57.5 Å². The van der Waals surface area contributed by atoms with Gasteiger partial charge in [-0.15, -0.1) is 11.3 Å². The van der Waals surface area contributed by atoms with E-state index in [1.807, 2.05) is 24.0 Å². The van der Waals surface area contributed by atoms with Crippen molar-refractivity contribution in [1.82, 2.24) is 34.6 Å². The molecule has 0 radical (unpaired) electrons. The highest BCUT2D eigenvalue weighted by Gasteiger charge is 2.33. The van der Waals surface area contributed by atoms with Crippen LogP contribution in [0.15, 0.2) is 73.2 Å². The Balaban J connectivity index is 0.843. The number of halogens is 2. The summed E-state index contributed by atoms with van der Waals surface area (Å²) in [6.45, 7) is 12.4. The summed E-state index contributed by atoms with van der Waals surface area (Å²) in [5.74, 6) is 0.142. The maximum atomic E-state index is 14.4. The van der Waals surface area contributed by atoms with Crippen LogP contribution in [0, 0.1) is 12.7 Å². The molecule has 4 aliphatic heterocycles. The molecule has 10 rings (SSSR count). The Morgan fingerprint density at radius 3 is 2.16 bits per heavy atom. The predicted molar refractivity (Wildman–Crippen MR) is 315 cm³/mol. The third-order valence-corrected chi connectivity index (χ3v) is 16.3.